The van der Waals surface area contributed by atoms with Crippen LogP contribution in [0.15, 0.2) is 24.3 Å². The van der Waals surface area contributed by atoms with Gasteiger partial charge >= 0.3 is 5.97 Å². The predicted octanol–water partition coefficient (Wildman–Crippen LogP) is 2.47. The molecule has 1 aromatic carbocycles. The number of carbonyl (C=O) groups is 2. The van der Waals surface area contributed by atoms with Gasteiger partial charge in [-0.25, -0.2) is 4.79 Å². The molecule has 1 aliphatic rings. The molecule has 132 valence electrons. The highest BCUT2D eigenvalue weighted by atomic mass is 16.5. The van der Waals surface area contributed by atoms with Crippen molar-refractivity contribution < 1.29 is 24.2 Å². The van der Waals surface area contributed by atoms with Crippen LogP contribution in [0.1, 0.15) is 43.5 Å². The van der Waals surface area contributed by atoms with Crippen molar-refractivity contribution in [1.29, 1.82) is 0 Å². The summed E-state index contributed by atoms with van der Waals surface area (Å²) in [6.45, 7) is 3.81. The highest BCUT2D eigenvalue weighted by molar-refractivity contribution is 5.95. The standard InChI is InChI=1S/C18H25NO5/c1-4-18(5-2)14(10-15(18)23-3)19-17(22)12-7-6-8-13(9-12)24-11-16(20)21/h6-9,14-15H,4-5,10-11H2,1-3H3,(H,19,22)(H,20,21). The second kappa shape index (κ2) is 7.66. The van der Waals surface area contributed by atoms with Gasteiger partial charge in [0.05, 0.1) is 6.10 Å². The van der Waals surface area contributed by atoms with Gasteiger partial charge in [0.15, 0.2) is 6.61 Å². The van der Waals surface area contributed by atoms with E-state index in [-0.39, 0.29) is 23.5 Å². The summed E-state index contributed by atoms with van der Waals surface area (Å²) in [6.07, 6.45) is 2.85. The molecule has 0 aromatic heterocycles. The summed E-state index contributed by atoms with van der Waals surface area (Å²) in [6, 6.07) is 6.64. The Bertz CT molecular complexity index is 597. The molecule has 2 unspecified atom stereocenters. The molecule has 1 fully saturated rings. The van der Waals surface area contributed by atoms with Crippen LogP contribution in [0, 0.1) is 5.41 Å². The monoisotopic (exact) mass is 335 g/mol. The molecular formula is C18H25NO5. The molecule has 1 amide bonds. The lowest BCUT2D eigenvalue weighted by Crippen LogP contribution is -2.64. The molecule has 1 aliphatic carbocycles. The van der Waals surface area contributed by atoms with E-state index in [1.807, 2.05) is 0 Å². The van der Waals surface area contributed by atoms with Gasteiger partial charge in [-0.3, -0.25) is 4.79 Å². The van der Waals surface area contributed by atoms with E-state index in [0.717, 1.165) is 19.3 Å². The second-order valence-corrected chi connectivity index (χ2v) is 6.14. The van der Waals surface area contributed by atoms with Crippen LogP contribution in [0.2, 0.25) is 0 Å². The quantitative estimate of drug-likeness (QED) is 0.762. The number of carboxylic acids is 1. The van der Waals surface area contributed by atoms with E-state index in [1.165, 1.54) is 0 Å². The first-order valence-corrected chi connectivity index (χ1v) is 8.25. The Labute approximate surface area is 142 Å². The molecule has 1 aromatic rings. The van der Waals surface area contributed by atoms with Crippen molar-refractivity contribution in [3.05, 3.63) is 29.8 Å². The van der Waals surface area contributed by atoms with Crippen molar-refractivity contribution in [2.24, 2.45) is 5.41 Å². The van der Waals surface area contributed by atoms with E-state index in [9.17, 15) is 9.59 Å². The Hall–Kier alpha value is -2.08. The summed E-state index contributed by atoms with van der Waals surface area (Å²) in [4.78, 5) is 23.1. The zero-order valence-electron chi connectivity index (χ0n) is 14.4. The van der Waals surface area contributed by atoms with E-state index in [1.54, 1.807) is 31.4 Å². The fourth-order valence-electron chi connectivity index (χ4n) is 3.59. The van der Waals surface area contributed by atoms with E-state index < -0.39 is 12.6 Å². The molecule has 0 heterocycles. The number of ether oxygens (including phenoxy) is 2. The summed E-state index contributed by atoms with van der Waals surface area (Å²) in [5.41, 5.74) is 0.432. The summed E-state index contributed by atoms with van der Waals surface area (Å²) < 4.78 is 10.7. The Balaban J connectivity index is 2.05. The smallest absolute Gasteiger partial charge is 0.341 e. The van der Waals surface area contributed by atoms with Crippen LogP contribution in [0.25, 0.3) is 0 Å². The second-order valence-electron chi connectivity index (χ2n) is 6.14. The highest BCUT2D eigenvalue weighted by Crippen LogP contribution is 2.48. The van der Waals surface area contributed by atoms with Crippen molar-refractivity contribution in [2.75, 3.05) is 13.7 Å². The van der Waals surface area contributed by atoms with E-state index >= 15 is 0 Å². The van der Waals surface area contributed by atoms with Crippen molar-refractivity contribution in [3.63, 3.8) is 0 Å². The van der Waals surface area contributed by atoms with Crippen LogP contribution in [-0.4, -0.2) is 42.8 Å². The molecular weight excluding hydrogens is 310 g/mol. The van der Waals surface area contributed by atoms with Crippen molar-refractivity contribution in [2.45, 2.75) is 45.3 Å². The first-order valence-electron chi connectivity index (χ1n) is 8.25. The van der Waals surface area contributed by atoms with Crippen LogP contribution in [-0.2, 0) is 9.53 Å². The molecule has 0 spiro atoms. The molecule has 6 nitrogen and oxygen atoms in total. The molecule has 24 heavy (non-hydrogen) atoms. The third-order valence-electron chi connectivity index (χ3n) is 5.15. The molecule has 0 bridgehead atoms. The van der Waals surface area contributed by atoms with Gasteiger partial charge in [0.2, 0.25) is 0 Å². The summed E-state index contributed by atoms with van der Waals surface area (Å²) >= 11 is 0. The zero-order valence-corrected chi connectivity index (χ0v) is 14.4. The van der Waals surface area contributed by atoms with Gasteiger partial charge in [-0.15, -0.1) is 0 Å². The maximum Gasteiger partial charge on any atom is 0.341 e. The van der Waals surface area contributed by atoms with Crippen LogP contribution in [0.5, 0.6) is 5.75 Å². The van der Waals surface area contributed by atoms with Gasteiger partial charge in [0.25, 0.3) is 5.91 Å². The van der Waals surface area contributed by atoms with Gasteiger partial charge in [0, 0.05) is 24.1 Å². The van der Waals surface area contributed by atoms with Gasteiger partial charge in [-0.2, -0.15) is 0 Å². The first kappa shape index (κ1) is 18.3. The number of methoxy groups -OCH3 is 1. The number of hydrogen-bond donors (Lipinski definition) is 2. The normalized spacial score (nSPS) is 21.6. The Morgan fingerprint density at radius 2 is 2.04 bits per heavy atom. The topological polar surface area (TPSA) is 84.9 Å². The number of benzene rings is 1. The van der Waals surface area contributed by atoms with Gasteiger partial charge in [-0.05, 0) is 37.5 Å². The minimum atomic E-state index is -1.05. The molecule has 6 heteroatoms. The Kier molecular flexibility index (Phi) is 5.83. The maximum absolute atomic E-state index is 12.5. The van der Waals surface area contributed by atoms with Crippen molar-refractivity contribution in [3.8, 4) is 5.75 Å². The van der Waals surface area contributed by atoms with Crippen LogP contribution >= 0.6 is 0 Å². The lowest BCUT2D eigenvalue weighted by Gasteiger charge is -2.55. The van der Waals surface area contributed by atoms with E-state index in [2.05, 4.69) is 19.2 Å². The van der Waals surface area contributed by atoms with Crippen LogP contribution in [0.4, 0.5) is 0 Å². The first-order chi connectivity index (χ1) is 11.5. The molecule has 0 aliphatic heterocycles. The summed E-state index contributed by atoms with van der Waals surface area (Å²) in [5, 5.41) is 11.7. The van der Waals surface area contributed by atoms with Gasteiger partial charge in [0.1, 0.15) is 5.75 Å². The van der Waals surface area contributed by atoms with Crippen LogP contribution in [0.3, 0.4) is 0 Å². The minimum Gasteiger partial charge on any atom is -0.482 e. The van der Waals surface area contributed by atoms with Gasteiger partial charge in [-0.1, -0.05) is 19.9 Å². The number of carbonyl (C=O) groups excluding carboxylic acids is 1. The van der Waals surface area contributed by atoms with Crippen molar-refractivity contribution >= 4 is 11.9 Å². The SMILES string of the molecule is CCC1(CC)C(NC(=O)c2cccc(OCC(=O)O)c2)CC1OC. The average Bonchev–Trinajstić information content (AvgIpc) is 2.57. The molecule has 0 saturated heterocycles. The van der Waals surface area contributed by atoms with Crippen LogP contribution < -0.4 is 10.1 Å². The summed E-state index contributed by atoms with van der Waals surface area (Å²) in [7, 11) is 1.71. The molecule has 2 rings (SSSR count). The van der Waals surface area contributed by atoms with E-state index in [4.69, 9.17) is 14.6 Å². The molecule has 0 radical (unpaired) electrons. The molecule has 2 atom stereocenters. The third-order valence-corrected chi connectivity index (χ3v) is 5.15. The number of amides is 1. The van der Waals surface area contributed by atoms with Gasteiger partial charge < -0.3 is 19.9 Å². The average molecular weight is 335 g/mol. The predicted molar refractivity (Wildman–Crippen MR) is 89.3 cm³/mol. The number of rotatable bonds is 8. The van der Waals surface area contributed by atoms with E-state index in [0.29, 0.717) is 11.3 Å². The largest absolute Gasteiger partial charge is 0.482 e. The lowest BCUT2D eigenvalue weighted by atomic mass is 9.58. The summed E-state index contributed by atoms with van der Waals surface area (Å²) in [5.74, 6) is -0.868. The Morgan fingerprint density at radius 1 is 1.33 bits per heavy atom. The fraction of sp³-hybridized carbons (Fsp3) is 0.556. The number of hydrogen-bond acceptors (Lipinski definition) is 4. The highest BCUT2D eigenvalue weighted by Gasteiger charge is 2.53. The zero-order chi connectivity index (χ0) is 17.7. The third kappa shape index (κ3) is 3.53. The lowest BCUT2D eigenvalue weighted by molar-refractivity contribution is -0.139. The maximum atomic E-state index is 12.5. The molecule has 1 saturated carbocycles. The fourth-order valence-corrected chi connectivity index (χ4v) is 3.59. The molecule has 2 N–H and O–H groups in total. The minimum absolute atomic E-state index is 0.0260. The number of aliphatic carboxylic acids is 1. The number of carboxylic acid groups (broad SMARTS) is 1. The number of nitrogens with one attached hydrogen (secondary N) is 1. The van der Waals surface area contributed by atoms with Crippen molar-refractivity contribution in [1.82, 2.24) is 5.32 Å². The Morgan fingerprint density at radius 3 is 2.62 bits per heavy atom.